The average molecular weight is 576 g/mol. The van der Waals surface area contributed by atoms with E-state index in [1.807, 2.05) is 10.6 Å². The van der Waals surface area contributed by atoms with E-state index in [4.69, 9.17) is 9.44 Å². The van der Waals surface area contributed by atoms with Gasteiger partial charge in [0.1, 0.15) is 17.6 Å². The first-order chi connectivity index (χ1) is 17.1. The zero-order chi connectivity index (χ0) is 25.9. The van der Waals surface area contributed by atoms with Gasteiger partial charge in [-0.2, -0.15) is 13.7 Å². The number of nitrogens with zero attached hydrogens (tertiary/aromatic N) is 4. The van der Waals surface area contributed by atoms with E-state index in [1.54, 1.807) is 41.7 Å². The molecule has 0 aliphatic carbocycles. The fourth-order valence-corrected chi connectivity index (χ4v) is 4.82. The van der Waals surface area contributed by atoms with Gasteiger partial charge in [0.05, 0.1) is 29.9 Å². The summed E-state index contributed by atoms with van der Waals surface area (Å²) in [6, 6.07) is 10.7. The number of nitrogens with one attached hydrogen (secondary N) is 1. The van der Waals surface area contributed by atoms with Crippen molar-refractivity contribution in [1.82, 2.24) is 19.8 Å². The summed E-state index contributed by atoms with van der Waals surface area (Å²) in [7, 11) is -3.66. The number of likely N-dealkylation sites (tertiary alicyclic amines) is 1. The molecule has 0 spiro atoms. The molecule has 9 nitrogen and oxygen atoms in total. The van der Waals surface area contributed by atoms with Crippen LogP contribution in [0.15, 0.2) is 53.4 Å². The van der Waals surface area contributed by atoms with Crippen LogP contribution in [0.25, 0.3) is 0 Å². The van der Waals surface area contributed by atoms with Gasteiger partial charge < -0.3 is 19.0 Å². The Bertz CT molecular complexity index is 1440. The number of aromatic nitrogens is 2. The van der Waals surface area contributed by atoms with Crippen molar-refractivity contribution in [2.45, 2.75) is 32.1 Å². The maximum Gasteiger partial charge on any atom is 0.306 e. The Balaban J connectivity index is 1.36. The molecule has 1 aliphatic heterocycles. The fraction of sp³-hybridized carbons (Fsp3) is 0.292. The van der Waals surface area contributed by atoms with E-state index in [0.717, 1.165) is 22.0 Å². The molecule has 1 atom stereocenters. The van der Waals surface area contributed by atoms with Gasteiger partial charge in [0.25, 0.3) is 0 Å². The molecule has 1 fully saturated rings. The standard InChI is InChI=1S/C24H23BrFN5O4S/c1-36(33,34)35-20-4-5-21(25)18(9-20)14-30-7-6-23(24(30)32)29-12-19-11-28-15-31(19)13-16-2-3-17(10-27)22(26)8-16/h2-5,8-9,11,15,23,29H,6-7,12-14H2,1H3/t23-/m1/s1. The summed E-state index contributed by atoms with van der Waals surface area (Å²) >= 11 is 3.45. The number of carbonyl (C=O) groups excluding carboxylic acids is 1. The lowest BCUT2D eigenvalue weighted by Gasteiger charge is -2.19. The van der Waals surface area contributed by atoms with Crippen molar-refractivity contribution in [2.24, 2.45) is 0 Å². The molecule has 4 rings (SSSR count). The maximum atomic E-state index is 13.9. The van der Waals surface area contributed by atoms with Crippen molar-refractivity contribution >= 4 is 32.0 Å². The average Bonchev–Trinajstić information content (AvgIpc) is 3.40. The molecule has 2 aromatic carbocycles. The van der Waals surface area contributed by atoms with E-state index in [0.29, 0.717) is 38.2 Å². The Morgan fingerprint density at radius 1 is 1.28 bits per heavy atom. The highest BCUT2D eigenvalue weighted by atomic mass is 79.9. The summed E-state index contributed by atoms with van der Waals surface area (Å²) in [6.45, 7) is 1.62. The molecule has 36 heavy (non-hydrogen) atoms. The number of hydrogen-bond acceptors (Lipinski definition) is 7. The molecule has 1 amide bonds. The van der Waals surface area contributed by atoms with E-state index < -0.39 is 15.9 Å². The highest BCUT2D eigenvalue weighted by molar-refractivity contribution is 9.10. The van der Waals surface area contributed by atoms with Gasteiger partial charge in [0.2, 0.25) is 5.91 Å². The minimum atomic E-state index is -3.66. The third-order valence-corrected chi connectivity index (χ3v) is 7.03. The van der Waals surface area contributed by atoms with Crippen LogP contribution in [-0.2, 0) is 34.5 Å². The van der Waals surface area contributed by atoms with Gasteiger partial charge in [0, 0.05) is 36.8 Å². The van der Waals surface area contributed by atoms with Gasteiger partial charge in [-0.25, -0.2) is 9.37 Å². The lowest BCUT2D eigenvalue weighted by molar-refractivity contribution is -0.130. The van der Waals surface area contributed by atoms with Crippen LogP contribution in [0.4, 0.5) is 4.39 Å². The molecule has 0 radical (unpaired) electrons. The molecular formula is C24H23BrFN5O4S. The molecule has 2 heterocycles. The second-order valence-electron chi connectivity index (χ2n) is 8.46. The summed E-state index contributed by atoms with van der Waals surface area (Å²) in [6.07, 6.45) is 4.92. The largest absolute Gasteiger partial charge is 0.383 e. The van der Waals surface area contributed by atoms with Crippen molar-refractivity contribution < 1.29 is 21.8 Å². The molecule has 0 bridgehead atoms. The molecular weight excluding hydrogens is 553 g/mol. The molecule has 1 aromatic heterocycles. The first-order valence-corrected chi connectivity index (χ1v) is 13.6. The Morgan fingerprint density at radius 2 is 2.08 bits per heavy atom. The lowest BCUT2D eigenvalue weighted by Crippen LogP contribution is -2.38. The fourth-order valence-electron chi connectivity index (χ4n) is 4.00. The normalized spacial score (nSPS) is 15.8. The van der Waals surface area contributed by atoms with Crippen molar-refractivity contribution in [1.29, 1.82) is 5.26 Å². The third kappa shape index (κ3) is 6.29. The number of halogens is 2. The SMILES string of the molecule is CS(=O)(=O)Oc1ccc(Br)c(CN2CC[C@@H](NCc3cncn3Cc3ccc(C#N)c(F)c3)C2=O)c1. The Morgan fingerprint density at radius 3 is 2.81 bits per heavy atom. The monoisotopic (exact) mass is 575 g/mol. The number of hydrogen-bond donors (Lipinski definition) is 1. The zero-order valence-electron chi connectivity index (χ0n) is 19.3. The van der Waals surface area contributed by atoms with Gasteiger partial charge in [-0.15, -0.1) is 0 Å². The molecule has 1 N–H and O–H groups in total. The summed E-state index contributed by atoms with van der Waals surface area (Å²) in [5.41, 5.74) is 2.26. The van der Waals surface area contributed by atoms with E-state index in [1.165, 1.54) is 12.1 Å². The molecule has 0 saturated carbocycles. The summed E-state index contributed by atoms with van der Waals surface area (Å²) < 4.78 is 44.4. The van der Waals surface area contributed by atoms with Gasteiger partial charge in [-0.05, 0) is 47.9 Å². The number of benzene rings is 2. The van der Waals surface area contributed by atoms with Crippen molar-refractivity contribution in [3.05, 3.63) is 81.6 Å². The number of imidazole rings is 1. The number of nitriles is 1. The molecule has 0 unspecified atom stereocenters. The maximum absolute atomic E-state index is 13.9. The van der Waals surface area contributed by atoms with Crippen LogP contribution >= 0.6 is 15.9 Å². The molecule has 3 aromatic rings. The van der Waals surface area contributed by atoms with Gasteiger partial charge >= 0.3 is 10.1 Å². The van der Waals surface area contributed by atoms with E-state index in [-0.39, 0.29) is 23.3 Å². The van der Waals surface area contributed by atoms with Crippen LogP contribution in [0, 0.1) is 17.1 Å². The molecule has 12 heteroatoms. The predicted octanol–water partition coefficient (Wildman–Crippen LogP) is 2.93. The second-order valence-corrected chi connectivity index (χ2v) is 10.9. The Hall–Kier alpha value is -3.27. The topological polar surface area (TPSA) is 117 Å². The van der Waals surface area contributed by atoms with Crippen LogP contribution < -0.4 is 9.50 Å². The third-order valence-electron chi connectivity index (χ3n) is 5.76. The van der Waals surface area contributed by atoms with Crippen LogP contribution in [0.3, 0.4) is 0 Å². The van der Waals surface area contributed by atoms with E-state index >= 15 is 0 Å². The highest BCUT2D eigenvalue weighted by Gasteiger charge is 2.31. The number of amides is 1. The Labute approximate surface area is 216 Å². The minimum Gasteiger partial charge on any atom is -0.383 e. The summed E-state index contributed by atoms with van der Waals surface area (Å²) in [5.74, 6) is -0.435. The van der Waals surface area contributed by atoms with E-state index in [9.17, 15) is 17.6 Å². The smallest absolute Gasteiger partial charge is 0.306 e. The predicted molar refractivity (Wildman–Crippen MR) is 133 cm³/mol. The van der Waals surface area contributed by atoms with Gasteiger partial charge in [0.15, 0.2) is 0 Å². The van der Waals surface area contributed by atoms with Crippen molar-refractivity contribution in [2.75, 3.05) is 12.8 Å². The number of carbonyl (C=O) groups is 1. The van der Waals surface area contributed by atoms with E-state index in [2.05, 4.69) is 26.2 Å². The van der Waals surface area contributed by atoms with Crippen LogP contribution in [0.2, 0.25) is 0 Å². The first kappa shape index (κ1) is 25.8. The molecule has 1 saturated heterocycles. The second kappa shape index (κ2) is 10.8. The number of rotatable bonds is 9. The van der Waals surface area contributed by atoms with Crippen LogP contribution in [-0.4, -0.2) is 47.6 Å². The van der Waals surface area contributed by atoms with Gasteiger partial charge in [-0.3, -0.25) is 4.79 Å². The van der Waals surface area contributed by atoms with Crippen LogP contribution in [0.5, 0.6) is 5.75 Å². The highest BCUT2D eigenvalue weighted by Crippen LogP contribution is 2.26. The Kier molecular flexibility index (Phi) is 7.73. The van der Waals surface area contributed by atoms with Crippen molar-refractivity contribution in [3.8, 4) is 11.8 Å². The van der Waals surface area contributed by atoms with Crippen LogP contribution in [0.1, 0.15) is 28.8 Å². The van der Waals surface area contributed by atoms with Gasteiger partial charge in [-0.1, -0.05) is 22.0 Å². The summed E-state index contributed by atoms with van der Waals surface area (Å²) in [4.78, 5) is 18.9. The summed E-state index contributed by atoms with van der Waals surface area (Å²) in [5, 5.41) is 12.2. The quantitative estimate of drug-likeness (QED) is 0.390. The lowest BCUT2D eigenvalue weighted by atomic mass is 10.1. The zero-order valence-corrected chi connectivity index (χ0v) is 21.7. The first-order valence-electron chi connectivity index (χ1n) is 11.0. The molecule has 188 valence electrons. The minimum absolute atomic E-state index is 0.00255. The van der Waals surface area contributed by atoms with Crippen molar-refractivity contribution in [3.63, 3.8) is 0 Å². The molecule has 1 aliphatic rings.